The highest BCUT2D eigenvalue weighted by molar-refractivity contribution is 9.11. The Morgan fingerprint density at radius 1 is 0.576 bits per heavy atom. The van der Waals surface area contributed by atoms with Crippen molar-refractivity contribution < 1.29 is 38.8 Å². The lowest BCUT2D eigenvalue weighted by Crippen LogP contribution is -2.49. The molecule has 0 N–H and O–H groups in total. The lowest BCUT2D eigenvalue weighted by atomic mass is 10.0. The molecule has 0 bridgehead atoms. The molecule has 0 spiro atoms. The Bertz CT molecular complexity index is 2950. The molecule has 2 fully saturated rings. The Hall–Kier alpha value is -2.58. The second kappa shape index (κ2) is 21.2. The van der Waals surface area contributed by atoms with E-state index in [9.17, 15) is 38.8 Å². The fourth-order valence-corrected chi connectivity index (χ4v) is 15.3. The lowest BCUT2D eigenvalue weighted by molar-refractivity contribution is 0.380. The SMILES string of the molecule is Cc1cc(C)cc(Cc2csc(N3CCN(S(=O)(=O)c4c(F)c(Br)cc(F)c4Br)CC3)n2)c1.O=S(=O)(c1c(F)c(Br)cc(F)c1Br)N1CCN(c2nc(Cc3ccc(F)c(Cl)c3)cs2)CC1. The fourth-order valence-electron chi connectivity index (χ4n) is 7.34. The third-order valence-corrected chi connectivity index (χ3v) is 19.8. The highest BCUT2D eigenvalue weighted by Crippen LogP contribution is 2.37. The lowest BCUT2D eigenvalue weighted by Gasteiger charge is -2.34. The summed E-state index contributed by atoms with van der Waals surface area (Å²) >= 11 is 20.3. The molecule has 0 aliphatic carbocycles. The van der Waals surface area contributed by atoms with E-state index in [0.29, 0.717) is 32.6 Å². The van der Waals surface area contributed by atoms with E-state index in [1.807, 2.05) is 20.6 Å². The van der Waals surface area contributed by atoms with E-state index in [-0.39, 0.29) is 40.1 Å². The van der Waals surface area contributed by atoms with Gasteiger partial charge in [-0.15, -0.1) is 22.7 Å². The van der Waals surface area contributed by atoms with E-state index in [1.165, 1.54) is 49.7 Å². The van der Waals surface area contributed by atoms with E-state index >= 15 is 0 Å². The van der Waals surface area contributed by atoms with Gasteiger partial charge in [0, 0.05) is 76.0 Å². The van der Waals surface area contributed by atoms with Gasteiger partial charge < -0.3 is 9.80 Å². The van der Waals surface area contributed by atoms with Crippen molar-refractivity contribution in [2.24, 2.45) is 0 Å². The van der Waals surface area contributed by atoms with Crippen molar-refractivity contribution in [1.29, 1.82) is 0 Å². The molecule has 2 aliphatic heterocycles. The van der Waals surface area contributed by atoms with Crippen LogP contribution in [0.4, 0.5) is 32.2 Å². The number of nitrogens with zero attached hydrogens (tertiary/aromatic N) is 6. The van der Waals surface area contributed by atoms with E-state index in [2.05, 4.69) is 101 Å². The van der Waals surface area contributed by atoms with Gasteiger partial charge in [-0.3, -0.25) is 0 Å². The molecule has 0 amide bonds. The average Bonchev–Trinajstić information content (AvgIpc) is 3.94. The van der Waals surface area contributed by atoms with Crippen LogP contribution in [-0.2, 0) is 32.9 Å². The highest BCUT2D eigenvalue weighted by Gasteiger charge is 2.37. The number of rotatable bonds is 10. The molecular formula is C42H36Br4ClF5N6O4S4. The van der Waals surface area contributed by atoms with Crippen LogP contribution in [0.15, 0.2) is 87.0 Å². The van der Waals surface area contributed by atoms with Crippen molar-refractivity contribution in [3.05, 3.63) is 145 Å². The van der Waals surface area contributed by atoms with Crippen LogP contribution in [-0.4, -0.2) is 87.8 Å². The molecule has 8 rings (SSSR count). The van der Waals surface area contributed by atoms with Crippen LogP contribution in [0, 0.1) is 42.9 Å². The second-order valence-electron chi connectivity index (χ2n) is 15.2. The van der Waals surface area contributed by atoms with Gasteiger partial charge in [-0.1, -0.05) is 47.0 Å². The highest BCUT2D eigenvalue weighted by atomic mass is 79.9. The van der Waals surface area contributed by atoms with Crippen molar-refractivity contribution >= 4 is 128 Å². The summed E-state index contributed by atoms with van der Waals surface area (Å²) in [5.74, 6) is -4.26. The summed E-state index contributed by atoms with van der Waals surface area (Å²) < 4.78 is 124. The zero-order valence-electron chi connectivity index (χ0n) is 34.6. The molecule has 4 heterocycles. The molecular weight excluding hydrogens is 1230 g/mol. The zero-order valence-corrected chi connectivity index (χ0v) is 44.9. The number of thiazole rings is 2. The molecule has 66 heavy (non-hydrogen) atoms. The van der Waals surface area contributed by atoms with Crippen molar-refractivity contribution in [2.45, 2.75) is 36.5 Å². The van der Waals surface area contributed by atoms with Crippen LogP contribution in [0.5, 0.6) is 0 Å². The summed E-state index contributed by atoms with van der Waals surface area (Å²) in [5, 5.41) is 5.50. The predicted molar refractivity (Wildman–Crippen MR) is 263 cm³/mol. The van der Waals surface area contributed by atoms with Crippen molar-refractivity contribution in [2.75, 3.05) is 62.2 Å². The van der Waals surface area contributed by atoms with Crippen LogP contribution >= 0.6 is 98.0 Å². The van der Waals surface area contributed by atoms with Crippen LogP contribution in [0.25, 0.3) is 0 Å². The molecule has 2 saturated heterocycles. The number of hydrogen-bond acceptors (Lipinski definition) is 10. The number of halogens is 10. The maximum absolute atomic E-state index is 14.6. The molecule has 10 nitrogen and oxygen atoms in total. The number of benzene rings is 4. The first kappa shape index (κ1) is 51.3. The van der Waals surface area contributed by atoms with Crippen LogP contribution < -0.4 is 9.80 Å². The molecule has 2 aromatic heterocycles. The summed E-state index contributed by atoms with van der Waals surface area (Å²) in [6.07, 6.45) is 1.21. The molecule has 352 valence electrons. The first-order chi connectivity index (χ1) is 31.1. The molecule has 6 aromatic rings. The molecule has 0 radical (unpaired) electrons. The molecule has 2 aliphatic rings. The van der Waals surface area contributed by atoms with Gasteiger partial charge in [-0.05, 0) is 113 Å². The normalized spacial score (nSPS) is 15.3. The third-order valence-electron chi connectivity index (χ3n) is 10.5. The van der Waals surface area contributed by atoms with Gasteiger partial charge in [0.05, 0.1) is 34.3 Å². The van der Waals surface area contributed by atoms with Crippen LogP contribution in [0.1, 0.15) is 33.6 Å². The first-order valence-electron chi connectivity index (χ1n) is 19.7. The van der Waals surface area contributed by atoms with Gasteiger partial charge in [0.25, 0.3) is 0 Å². The predicted octanol–water partition coefficient (Wildman–Crippen LogP) is 11.5. The van der Waals surface area contributed by atoms with Crippen molar-refractivity contribution in [3.8, 4) is 0 Å². The smallest absolute Gasteiger partial charge is 0.247 e. The quantitative estimate of drug-likeness (QED) is 0.0986. The van der Waals surface area contributed by atoms with Gasteiger partial charge in [-0.25, -0.2) is 48.8 Å². The van der Waals surface area contributed by atoms with Crippen LogP contribution in [0.2, 0.25) is 5.02 Å². The van der Waals surface area contributed by atoms with E-state index < -0.39 is 67.9 Å². The van der Waals surface area contributed by atoms with Gasteiger partial charge in [0.2, 0.25) is 20.0 Å². The Kier molecular flexibility index (Phi) is 16.5. The Morgan fingerprint density at radius 2 is 0.985 bits per heavy atom. The molecule has 0 unspecified atom stereocenters. The summed E-state index contributed by atoms with van der Waals surface area (Å²) in [6, 6.07) is 12.7. The largest absolute Gasteiger partial charge is 0.345 e. The number of aromatic nitrogens is 2. The number of sulfonamides is 2. The Morgan fingerprint density at radius 3 is 1.39 bits per heavy atom. The number of hydrogen-bond donors (Lipinski definition) is 0. The summed E-state index contributed by atoms with van der Waals surface area (Å²) in [5.41, 5.74) is 6.20. The van der Waals surface area contributed by atoms with Crippen molar-refractivity contribution in [1.82, 2.24) is 18.6 Å². The van der Waals surface area contributed by atoms with Gasteiger partial charge in [0.15, 0.2) is 21.9 Å². The van der Waals surface area contributed by atoms with E-state index in [1.54, 1.807) is 12.1 Å². The summed E-state index contributed by atoms with van der Waals surface area (Å²) in [4.78, 5) is 11.9. The van der Waals surface area contributed by atoms with Crippen molar-refractivity contribution in [3.63, 3.8) is 0 Å². The van der Waals surface area contributed by atoms with Gasteiger partial charge >= 0.3 is 0 Å². The fraction of sp³-hybridized carbons (Fsp3) is 0.286. The molecule has 4 aromatic carbocycles. The first-order valence-corrected chi connectivity index (χ1v) is 27.9. The maximum atomic E-state index is 14.6. The number of piperazine rings is 2. The minimum atomic E-state index is -4.26. The monoisotopic (exact) mass is 1260 g/mol. The Balaban J connectivity index is 0.000000196. The van der Waals surface area contributed by atoms with E-state index in [0.717, 1.165) is 50.1 Å². The number of anilines is 2. The minimum Gasteiger partial charge on any atom is -0.345 e. The average molecular weight is 1270 g/mol. The molecule has 0 atom stereocenters. The number of aryl methyl sites for hydroxylation is 2. The topological polar surface area (TPSA) is 107 Å². The van der Waals surface area contributed by atoms with Gasteiger partial charge in [-0.2, -0.15) is 8.61 Å². The third kappa shape index (κ3) is 11.4. The second-order valence-corrected chi connectivity index (χ2v) is 24.3. The summed E-state index contributed by atoms with van der Waals surface area (Å²) in [7, 11) is -8.48. The standard InChI is InChI=1S/C22H21Br2F2N3O2S2.C20H15Br2ClF3N3O2S2/c1-13-7-14(2)9-15(8-13)10-16-12-32-22(27-16)28-3-5-29(6-4-28)33(30,31)21-19(24)18(25)11-17(23)20(21)26;21-13-9-16(25)17(22)19(18(13)26)33(30,31)29-5-3-28(4-6-29)20-27-12(10-32-20)7-11-1-2-15(24)14(23)8-11/h7-9,11-12H,3-6,10H2,1-2H3;1-2,8-10H,3-7H2. The van der Waals surface area contributed by atoms with E-state index in [4.69, 9.17) is 16.6 Å². The summed E-state index contributed by atoms with van der Waals surface area (Å²) in [6.45, 7) is 6.11. The maximum Gasteiger partial charge on any atom is 0.247 e. The van der Waals surface area contributed by atoms with Gasteiger partial charge in [0.1, 0.15) is 27.2 Å². The van der Waals surface area contributed by atoms with Crippen LogP contribution in [0.3, 0.4) is 0 Å². The minimum absolute atomic E-state index is 0.0497. The molecule has 0 saturated carbocycles. The zero-order chi connectivity index (χ0) is 47.8. The molecule has 24 heteroatoms. The Labute approximate surface area is 425 Å².